The maximum absolute atomic E-state index is 12.6. The molecule has 3 amide bonds. The number of anilines is 1. The molecule has 0 aromatic heterocycles. The van der Waals surface area contributed by atoms with Gasteiger partial charge in [0.25, 0.3) is 0 Å². The molecule has 0 radical (unpaired) electrons. The number of benzene rings is 1. The van der Waals surface area contributed by atoms with Gasteiger partial charge in [-0.05, 0) is 38.0 Å². The molecule has 3 atom stereocenters. The highest BCUT2D eigenvalue weighted by molar-refractivity contribution is 6.31. The highest BCUT2D eigenvalue weighted by atomic mass is 35.5. The third-order valence-electron chi connectivity index (χ3n) is 4.73. The molecule has 2 aliphatic rings. The van der Waals surface area contributed by atoms with Crippen molar-refractivity contribution in [2.45, 2.75) is 25.8 Å². The minimum Gasteiger partial charge on any atom is -0.495 e. The number of allylic oxidation sites excluding steroid dienone is 2. The third-order valence-corrected chi connectivity index (χ3v) is 4.96. The van der Waals surface area contributed by atoms with Crippen LogP contribution in [0.1, 0.15) is 19.8 Å². The molecule has 1 heterocycles. The van der Waals surface area contributed by atoms with E-state index >= 15 is 0 Å². The van der Waals surface area contributed by atoms with Crippen LogP contribution in [0.15, 0.2) is 30.4 Å². The first-order chi connectivity index (χ1) is 11.9. The molecular formula is C18H19ClN2O4. The molecule has 1 fully saturated rings. The van der Waals surface area contributed by atoms with E-state index in [1.807, 2.05) is 12.2 Å². The van der Waals surface area contributed by atoms with E-state index in [-0.39, 0.29) is 23.7 Å². The minimum atomic E-state index is -0.908. The summed E-state index contributed by atoms with van der Waals surface area (Å²) in [5.74, 6) is -1.28. The second-order valence-corrected chi connectivity index (χ2v) is 6.65. The number of hydrogen-bond acceptors (Lipinski definition) is 4. The molecule has 1 aromatic carbocycles. The Morgan fingerprint density at radius 2 is 1.84 bits per heavy atom. The van der Waals surface area contributed by atoms with Gasteiger partial charge in [0.2, 0.25) is 17.7 Å². The average molecular weight is 363 g/mol. The molecule has 7 heteroatoms. The zero-order valence-corrected chi connectivity index (χ0v) is 14.7. The first kappa shape index (κ1) is 17.5. The monoisotopic (exact) mass is 362 g/mol. The number of hydrogen-bond donors (Lipinski definition) is 1. The van der Waals surface area contributed by atoms with E-state index in [1.165, 1.54) is 7.11 Å². The normalized spacial score (nSPS) is 23.4. The molecule has 132 valence electrons. The summed E-state index contributed by atoms with van der Waals surface area (Å²) in [5.41, 5.74) is 0.394. The van der Waals surface area contributed by atoms with Crippen molar-refractivity contribution in [1.29, 1.82) is 0 Å². The van der Waals surface area contributed by atoms with E-state index in [1.54, 1.807) is 25.1 Å². The highest BCUT2D eigenvalue weighted by Crippen LogP contribution is 2.36. The van der Waals surface area contributed by atoms with Crippen LogP contribution in [-0.2, 0) is 14.4 Å². The number of imide groups is 1. The van der Waals surface area contributed by atoms with E-state index in [0.29, 0.717) is 29.3 Å². The lowest BCUT2D eigenvalue weighted by Gasteiger charge is -2.23. The van der Waals surface area contributed by atoms with Crippen molar-refractivity contribution in [3.63, 3.8) is 0 Å². The summed E-state index contributed by atoms with van der Waals surface area (Å²) in [6.07, 6.45) is 4.92. The fourth-order valence-corrected chi connectivity index (χ4v) is 3.51. The molecule has 6 nitrogen and oxygen atoms in total. The summed E-state index contributed by atoms with van der Waals surface area (Å²) in [5, 5.41) is 3.13. The van der Waals surface area contributed by atoms with Crippen LogP contribution in [0.2, 0.25) is 5.02 Å². The van der Waals surface area contributed by atoms with Gasteiger partial charge in [0.1, 0.15) is 11.8 Å². The number of nitrogens with one attached hydrogen (secondary N) is 1. The Balaban J connectivity index is 1.78. The lowest BCUT2D eigenvalue weighted by molar-refractivity contribution is -0.146. The van der Waals surface area contributed by atoms with Crippen LogP contribution in [0.3, 0.4) is 0 Å². The lowest BCUT2D eigenvalue weighted by atomic mass is 9.85. The van der Waals surface area contributed by atoms with Crippen LogP contribution < -0.4 is 10.1 Å². The summed E-state index contributed by atoms with van der Waals surface area (Å²) in [6.45, 7) is 1.55. The van der Waals surface area contributed by atoms with Crippen molar-refractivity contribution in [3.8, 4) is 5.75 Å². The number of fused-ring (bicyclic) bond motifs is 1. The topological polar surface area (TPSA) is 75.7 Å². The summed E-state index contributed by atoms with van der Waals surface area (Å²) in [4.78, 5) is 38.8. The van der Waals surface area contributed by atoms with Gasteiger partial charge >= 0.3 is 0 Å². The van der Waals surface area contributed by atoms with Gasteiger partial charge in [-0.3, -0.25) is 19.3 Å². The predicted molar refractivity (Wildman–Crippen MR) is 93.3 cm³/mol. The van der Waals surface area contributed by atoms with Gasteiger partial charge in [-0.25, -0.2) is 0 Å². The average Bonchev–Trinajstić information content (AvgIpc) is 2.86. The van der Waals surface area contributed by atoms with Gasteiger partial charge in [-0.1, -0.05) is 23.8 Å². The maximum atomic E-state index is 12.6. The molecule has 0 spiro atoms. The summed E-state index contributed by atoms with van der Waals surface area (Å²) < 4.78 is 5.20. The molecule has 25 heavy (non-hydrogen) atoms. The van der Waals surface area contributed by atoms with Crippen LogP contribution in [0.5, 0.6) is 5.75 Å². The Hall–Kier alpha value is -2.34. The number of halogens is 1. The molecule has 1 N–H and O–H groups in total. The summed E-state index contributed by atoms with van der Waals surface area (Å²) >= 11 is 5.96. The zero-order valence-electron chi connectivity index (χ0n) is 14.0. The molecule has 1 aliphatic heterocycles. The Morgan fingerprint density at radius 3 is 2.40 bits per heavy atom. The highest BCUT2D eigenvalue weighted by Gasteiger charge is 2.50. The van der Waals surface area contributed by atoms with Gasteiger partial charge in [-0.2, -0.15) is 0 Å². The van der Waals surface area contributed by atoms with Gasteiger partial charge in [0.15, 0.2) is 0 Å². The Labute approximate surface area is 150 Å². The summed E-state index contributed by atoms with van der Waals surface area (Å²) in [7, 11) is 1.48. The molecule has 0 bridgehead atoms. The van der Waals surface area contributed by atoms with Crippen molar-refractivity contribution >= 4 is 35.0 Å². The molecule has 1 saturated heterocycles. The Morgan fingerprint density at radius 1 is 1.24 bits per heavy atom. The standard InChI is InChI=1S/C18H19ClN2O4/c1-10(16(22)20-14-9-11(19)7-8-15(14)25-2)21-17(23)12-5-3-4-6-13(12)18(21)24/h3-4,7-10,12-13H,5-6H2,1-2H3,(H,20,22)/t10-,12-,13-/m0/s1. The molecule has 1 aromatic rings. The van der Waals surface area contributed by atoms with Crippen molar-refractivity contribution < 1.29 is 19.1 Å². The first-order valence-electron chi connectivity index (χ1n) is 8.10. The van der Waals surface area contributed by atoms with E-state index in [2.05, 4.69) is 5.32 Å². The number of amides is 3. The smallest absolute Gasteiger partial charge is 0.247 e. The van der Waals surface area contributed by atoms with E-state index in [4.69, 9.17) is 16.3 Å². The SMILES string of the molecule is COc1ccc(Cl)cc1NC(=O)[C@H](C)N1C(=O)[C@H]2CC=CC[C@@H]2C1=O. The van der Waals surface area contributed by atoms with Crippen molar-refractivity contribution in [2.75, 3.05) is 12.4 Å². The minimum absolute atomic E-state index is 0.278. The number of ether oxygens (including phenoxy) is 1. The molecule has 0 saturated carbocycles. The quantitative estimate of drug-likeness (QED) is 0.660. The molecule has 0 unspecified atom stereocenters. The van der Waals surface area contributed by atoms with E-state index in [9.17, 15) is 14.4 Å². The fraction of sp³-hybridized carbons (Fsp3) is 0.389. The number of nitrogens with zero attached hydrogens (tertiary/aromatic N) is 1. The molecule has 1 aliphatic carbocycles. The van der Waals surface area contributed by atoms with Crippen molar-refractivity contribution in [1.82, 2.24) is 4.90 Å². The largest absolute Gasteiger partial charge is 0.495 e. The zero-order chi connectivity index (χ0) is 18.1. The molecule has 3 rings (SSSR count). The fourth-order valence-electron chi connectivity index (χ4n) is 3.34. The van der Waals surface area contributed by atoms with Crippen LogP contribution in [0, 0.1) is 11.8 Å². The third kappa shape index (κ3) is 3.14. The second kappa shape index (κ2) is 6.88. The van der Waals surface area contributed by atoms with Crippen LogP contribution in [0.25, 0.3) is 0 Å². The van der Waals surface area contributed by atoms with Crippen LogP contribution in [-0.4, -0.2) is 35.8 Å². The van der Waals surface area contributed by atoms with Gasteiger partial charge < -0.3 is 10.1 Å². The maximum Gasteiger partial charge on any atom is 0.247 e. The van der Waals surface area contributed by atoms with Gasteiger partial charge in [-0.15, -0.1) is 0 Å². The predicted octanol–water partition coefficient (Wildman–Crippen LogP) is 2.63. The van der Waals surface area contributed by atoms with Gasteiger partial charge in [0, 0.05) is 5.02 Å². The van der Waals surface area contributed by atoms with Crippen molar-refractivity contribution in [2.24, 2.45) is 11.8 Å². The van der Waals surface area contributed by atoms with Crippen molar-refractivity contribution in [3.05, 3.63) is 35.4 Å². The Kier molecular flexibility index (Phi) is 4.81. The number of carbonyl (C=O) groups excluding carboxylic acids is 3. The molecular weight excluding hydrogens is 344 g/mol. The number of methoxy groups -OCH3 is 1. The number of rotatable bonds is 4. The number of likely N-dealkylation sites (tertiary alicyclic amines) is 1. The van der Waals surface area contributed by atoms with Crippen LogP contribution >= 0.6 is 11.6 Å². The van der Waals surface area contributed by atoms with E-state index in [0.717, 1.165) is 4.90 Å². The number of carbonyl (C=O) groups is 3. The summed E-state index contributed by atoms with van der Waals surface area (Å²) in [6, 6.07) is 3.93. The first-order valence-corrected chi connectivity index (χ1v) is 8.48. The lowest BCUT2D eigenvalue weighted by Crippen LogP contribution is -2.46. The van der Waals surface area contributed by atoms with Gasteiger partial charge in [0.05, 0.1) is 24.6 Å². The van der Waals surface area contributed by atoms with Crippen LogP contribution in [0.4, 0.5) is 5.69 Å². The second-order valence-electron chi connectivity index (χ2n) is 6.21. The van der Waals surface area contributed by atoms with E-state index < -0.39 is 11.9 Å². The Bertz CT molecular complexity index is 735.